The largest absolute Gasteiger partial charge is 0.469 e. The molecule has 2 N–H and O–H groups in total. The first-order valence-electron chi connectivity index (χ1n) is 10.2. The number of nitrogen functional groups attached to an aromatic ring is 1. The van der Waals surface area contributed by atoms with Crippen LogP contribution in [0.2, 0.25) is 0 Å². The van der Waals surface area contributed by atoms with E-state index in [2.05, 4.69) is 14.7 Å². The summed E-state index contributed by atoms with van der Waals surface area (Å²) in [7, 11) is 1.23. The van der Waals surface area contributed by atoms with E-state index in [1.165, 1.54) is 20.0 Å². The number of halogens is 2. The minimum absolute atomic E-state index is 0.0733. The lowest BCUT2D eigenvalue weighted by atomic mass is 9.89. The number of aromatic nitrogens is 2. The van der Waals surface area contributed by atoms with E-state index >= 15 is 0 Å². The molecule has 0 aromatic carbocycles. The number of ether oxygens (including phenoxy) is 3. The molecule has 7 nitrogen and oxygen atoms in total. The fourth-order valence-corrected chi connectivity index (χ4v) is 4.99. The van der Waals surface area contributed by atoms with E-state index in [1.54, 1.807) is 10.9 Å². The number of fused-ring (bicyclic) bond motifs is 2. The van der Waals surface area contributed by atoms with E-state index in [0.29, 0.717) is 23.8 Å². The lowest BCUT2D eigenvalue weighted by molar-refractivity contribution is -0.0917. The van der Waals surface area contributed by atoms with Crippen molar-refractivity contribution < 1.29 is 23.0 Å². The number of morpholine rings is 1. The molecular weight excluding hydrogens is 370 g/mol. The quantitative estimate of drug-likeness (QED) is 0.758. The maximum absolute atomic E-state index is 13.6. The summed E-state index contributed by atoms with van der Waals surface area (Å²) in [5, 5.41) is 4.34. The number of nitrogens with zero attached hydrogens (tertiary/aromatic N) is 3. The summed E-state index contributed by atoms with van der Waals surface area (Å²) >= 11 is 0. The molecule has 1 aromatic heterocycles. The van der Waals surface area contributed by atoms with Crippen molar-refractivity contribution in [3.05, 3.63) is 6.20 Å². The average molecular weight is 400 g/mol. The van der Waals surface area contributed by atoms with E-state index in [4.69, 9.17) is 15.2 Å². The van der Waals surface area contributed by atoms with Gasteiger partial charge in [-0.1, -0.05) is 0 Å². The minimum Gasteiger partial charge on any atom is -0.469 e. The van der Waals surface area contributed by atoms with Gasteiger partial charge in [-0.15, -0.1) is 5.10 Å². The molecule has 0 spiro atoms. The Morgan fingerprint density at radius 2 is 1.68 bits per heavy atom. The summed E-state index contributed by atoms with van der Waals surface area (Å²) in [6.07, 6.45) is 8.42. The van der Waals surface area contributed by atoms with Crippen molar-refractivity contribution in [3.63, 3.8) is 0 Å². The summed E-state index contributed by atoms with van der Waals surface area (Å²) in [6, 6.07) is 1.99. The number of methoxy groups -OCH3 is 1. The molecule has 158 valence electrons. The van der Waals surface area contributed by atoms with Crippen LogP contribution < -0.4 is 10.5 Å². The van der Waals surface area contributed by atoms with Gasteiger partial charge in [-0.3, -0.25) is 9.58 Å². The van der Waals surface area contributed by atoms with Crippen molar-refractivity contribution in [2.24, 2.45) is 0 Å². The summed E-state index contributed by atoms with van der Waals surface area (Å²) < 4.78 is 44.3. The number of hydrogen-bond donors (Lipinski definition) is 1. The van der Waals surface area contributed by atoms with Gasteiger partial charge in [-0.2, -0.15) is 0 Å². The van der Waals surface area contributed by atoms with E-state index in [9.17, 15) is 8.78 Å². The Morgan fingerprint density at radius 1 is 1.07 bits per heavy atom. The molecule has 9 heteroatoms. The van der Waals surface area contributed by atoms with Gasteiger partial charge >= 0.3 is 5.92 Å². The average Bonchev–Trinajstić information content (AvgIpc) is 3.16. The van der Waals surface area contributed by atoms with Crippen LogP contribution in [0.15, 0.2) is 6.20 Å². The Kier molecular flexibility index (Phi) is 5.76. The van der Waals surface area contributed by atoms with E-state index < -0.39 is 19.1 Å². The van der Waals surface area contributed by atoms with Crippen LogP contribution in [0.25, 0.3) is 0 Å². The number of alkyl halides is 2. The first kappa shape index (κ1) is 19.8. The smallest absolute Gasteiger partial charge is 0.304 e. The van der Waals surface area contributed by atoms with E-state index in [0.717, 1.165) is 38.9 Å². The van der Waals surface area contributed by atoms with Crippen molar-refractivity contribution >= 4 is 5.69 Å². The highest BCUT2D eigenvalue weighted by atomic mass is 19.3. The molecular formula is C19H30F2N4O3. The summed E-state index contributed by atoms with van der Waals surface area (Å²) in [4.78, 5) is 2.70. The van der Waals surface area contributed by atoms with Crippen LogP contribution in [0.1, 0.15) is 44.6 Å². The molecule has 0 amide bonds. The molecule has 2 atom stereocenters. The number of rotatable bonds is 7. The van der Waals surface area contributed by atoms with Gasteiger partial charge < -0.3 is 19.9 Å². The van der Waals surface area contributed by atoms with Crippen LogP contribution in [0, 0.1) is 0 Å². The second-order valence-electron chi connectivity index (χ2n) is 8.28. The lowest BCUT2D eigenvalue weighted by Crippen LogP contribution is -2.52. The SMILES string of the molecule is COCC(F)(F)COc1nn([C@H]2CC[C@H](N3C4CC[C@@H]3COC4)CC2)cc1N. The van der Waals surface area contributed by atoms with E-state index in [-0.39, 0.29) is 11.9 Å². The third kappa shape index (κ3) is 4.11. The number of anilines is 1. The van der Waals surface area contributed by atoms with Crippen molar-refractivity contribution in [3.8, 4) is 5.88 Å². The zero-order valence-electron chi connectivity index (χ0n) is 16.4. The Bertz CT molecular complexity index is 648. The Morgan fingerprint density at radius 3 is 2.32 bits per heavy atom. The fourth-order valence-electron chi connectivity index (χ4n) is 4.99. The normalized spacial score (nSPS) is 31.2. The molecule has 1 saturated carbocycles. The molecule has 28 heavy (non-hydrogen) atoms. The van der Waals surface area contributed by atoms with Crippen LogP contribution in [-0.2, 0) is 9.47 Å². The molecule has 1 aliphatic carbocycles. The molecule has 3 aliphatic rings. The van der Waals surface area contributed by atoms with Gasteiger partial charge in [-0.05, 0) is 38.5 Å². The first-order chi connectivity index (χ1) is 13.5. The molecule has 2 bridgehead atoms. The summed E-state index contributed by atoms with van der Waals surface area (Å²) in [5.74, 6) is -3.00. The third-order valence-corrected chi connectivity index (χ3v) is 6.26. The van der Waals surface area contributed by atoms with Crippen molar-refractivity contribution in [2.75, 3.05) is 39.3 Å². The highest BCUT2D eigenvalue weighted by Crippen LogP contribution is 2.39. The molecule has 2 aliphatic heterocycles. The zero-order valence-corrected chi connectivity index (χ0v) is 16.4. The van der Waals surface area contributed by atoms with Crippen LogP contribution >= 0.6 is 0 Å². The topological polar surface area (TPSA) is 74.8 Å². The lowest BCUT2D eigenvalue weighted by Gasteiger charge is -2.43. The Balaban J connectivity index is 1.32. The molecule has 4 rings (SSSR count). The van der Waals surface area contributed by atoms with Gasteiger partial charge in [0, 0.05) is 25.2 Å². The van der Waals surface area contributed by atoms with Crippen LogP contribution in [0.5, 0.6) is 5.88 Å². The second-order valence-corrected chi connectivity index (χ2v) is 8.28. The van der Waals surface area contributed by atoms with Crippen molar-refractivity contribution in [1.29, 1.82) is 0 Å². The monoisotopic (exact) mass is 400 g/mol. The maximum Gasteiger partial charge on any atom is 0.304 e. The molecule has 3 heterocycles. The predicted octanol–water partition coefficient (Wildman–Crippen LogP) is 2.47. The number of nitrogens with two attached hydrogens (primary N) is 1. The fraction of sp³-hybridized carbons (Fsp3) is 0.842. The maximum atomic E-state index is 13.6. The molecule has 3 fully saturated rings. The van der Waals surface area contributed by atoms with Gasteiger partial charge in [0.25, 0.3) is 5.88 Å². The van der Waals surface area contributed by atoms with Gasteiger partial charge in [0.15, 0.2) is 6.61 Å². The van der Waals surface area contributed by atoms with Crippen molar-refractivity contribution in [1.82, 2.24) is 14.7 Å². The molecule has 2 saturated heterocycles. The third-order valence-electron chi connectivity index (χ3n) is 6.26. The minimum atomic E-state index is -3.07. The number of hydrogen-bond acceptors (Lipinski definition) is 6. The van der Waals surface area contributed by atoms with Gasteiger partial charge in [0.05, 0.1) is 25.5 Å². The van der Waals surface area contributed by atoms with Gasteiger partial charge in [-0.25, -0.2) is 8.78 Å². The standard InChI is InChI=1S/C19H30F2N4O3/c1-26-11-19(20,21)12-28-18-17(22)8-24(23-18)13-2-4-14(5-3-13)25-15-6-7-16(25)10-27-9-15/h8,13-16H,2-7,9-12,22H2,1H3/t13-,14-,15-,16?/m1/s1. The zero-order chi connectivity index (χ0) is 19.7. The highest BCUT2D eigenvalue weighted by molar-refractivity contribution is 5.46. The molecule has 0 radical (unpaired) electrons. The van der Waals surface area contributed by atoms with Gasteiger partial charge in [0.1, 0.15) is 12.3 Å². The first-order valence-corrected chi connectivity index (χ1v) is 10.2. The van der Waals surface area contributed by atoms with E-state index in [1.807, 2.05) is 0 Å². The van der Waals surface area contributed by atoms with Crippen LogP contribution in [-0.4, -0.2) is 72.3 Å². The molecule has 1 aromatic rings. The Hall–Kier alpha value is -1.45. The summed E-state index contributed by atoms with van der Waals surface area (Å²) in [6.45, 7) is 0.233. The molecule has 1 unspecified atom stereocenters. The highest BCUT2D eigenvalue weighted by Gasteiger charge is 2.42. The second kappa shape index (κ2) is 8.12. The van der Waals surface area contributed by atoms with Crippen molar-refractivity contribution in [2.45, 2.75) is 68.6 Å². The predicted molar refractivity (Wildman–Crippen MR) is 99.7 cm³/mol. The van der Waals surface area contributed by atoms with Crippen LogP contribution in [0.3, 0.4) is 0 Å². The summed E-state index contributed by atoms with van der Waals surface area (Å²) in [5.41, 5.74) is 6.23. The van der Waals surface area contributed by atoms with Gasteiger partial charge in [0.2, 0.25) is 0 Å². The Labute approximate surface area is 164 Å². The van der Waals surface area contributed by atoms with Crippen LogP contribution in [0.4, 0.5) is 14.5 Å².